The van der Waals surface area contributed by atoms with E-state index in [2.05, 4.69) is 38.9 Å². The fourth-order valence-corrected chi connectivity index (χ4v) is 2.45. The molecule has 0 N–H and O–H groups in total. The highest BCUT2D eigenvalue weighted by atomic mass is 16.5. The van der Waals surface area contributed by atoms with Gasteiger partial charge in [-0.1, -0.05) is 31.1 Å². The second kappa shape index (κ2) is 7.28. The van der Waals surface area contributed by atoms with Crippen LogP contribution in [0.5, 0.6) is 0 Å². The van der Waals surface area contributed by atoms with Gasteiger partial charge < -0.3 is 4.52 Å². The molecule has 0 spiro atoms. The molecule has 6 heteroatoms. The first kappa shape index (κ1) is 15.6. The Morgan fingerprint density at radius 3 is 2.65 bits per heavy atom. The second-order valence-corrected chi connectivity index (χ2v) is 5.51. The van der Waals surface area contributed by atoms with Crippen LogP contribution in [0.2, 0.25) is 0 Å². The Labute approximate surface area is 135 Å². The van der Waals surface area contributed by atoms with Gasteiger partial charge in [-0.2, -0.15) is 4.98 Å². The molecule has 0 radical (unpaired) electrons. The summed E-state index contributed by atoms with van der Waals surface area (Å²) in [4.78, 5) is 15.8. The Morgan fingerprint density at radius 1 is 1.04 bits per heavy atom. The van der Waals surface area contributed by atoms with E-state index in [0.29, 0.717) is 19.0 Å². The molecular weight excluding hydrogens is 290 g/mol. The SMILES string of the molecule is CCCc1nc(CN(CC)Cc2cnc3ccccc3n2)no1. The number of para-hydroxylation sites is 2. The first-order chi connectivity index (χ1) is 11.3. The number of hydrogen-bond acceptors (Lipinski definition) is 6. The van der Waals surface area contributed by atoms with Crippen LogP contribution in [0, 0.1) is 0 Å². The van der Waals surface area contributed by atoms with Crippen LogP contribution in [0.25, 0.3) is 11.0 Å². The van der Waals surface area contributed by atoms with Gasteiger partial charge in [0, 0.05) is 13.0 Å². The van der Waals surface area contributed by atoms with Crippen molar-refractivity contribution in [2.45, 2.75) is 39.8 Å². The average molecular weight is 311 g/mol. The van der Waals surface area contributed by atoms with E-state index >= 15 is 0 Å². The summed E-state index contributed by atoms with van der Waals surface area (Å²) in [6.07, 6.45) is 3.67. The van der Waals surface area contributed by atoms with Crippen LogP contribution >= 0.6 is 0 Å². The average Bonchev–Trinajstić information content (AvgIpc) is 3.01. The zero-order valence-electron chi connectivity index (χ0n) is 13.6. The van der Waals surface area contributed by atoms with Crippen molar-refractivity contribution in [2.75, 3.05) is 6.54 Å². The van der Waals surface area contributed by atoms with Crippen LogP contribution in [0.4, 0.5) is 0 Å². The minimum absolute atomic E-state index is 0.651. The van der Waals surface area contributed by atoms with Gasteiger partial charge in [0.25, 0.3) is 0 Å². The maximum Gasteiger partial charge on any atom is 0.226 e. The smallest absolute Gasteiger partial charge is 0.226 e. The van der Waals surface area contributed by atoms with E-state index in [1.54, 1.807) is 0 Å². The van der Waals surface area contributed by atoms with Gasteiger partial charge in [0.1, 0.15) is 0 Å². The number of hydrogen-bond donors (Lipinski definition) is 0. The van der Waals surface area contributed by atoms with E-state index in [1.165, 1.54) is 0 Å². The summed E-state index contributed by atoms with van der Waals surface area (Å²) >= 11 is 0. The van der Waals surface area contributed by atoms with Gasteiger partial charge >= 0.3 is 0 Å². The van der Waals surface area contributed by atoms with Gasteiger partial charge in [-0.3, -0.25) is 9.88 Å². The van der Waals surface area contributed by atoms with Crippen molar-refractivity contribution < 1.29 is 4.52 Å². The van der Waals surface area contributed by atoms with E-state index in [-0.39, 0.29) is 0 Å². The summed E-state index contributed by atoms with van der Waals surface area (Å²) in [7, 11) is 0. The van der Waals surface area contributed by atoms with Crippen molar-refractivity contribution in [1.29, 1.82) is 0 Å². The third-order valence-electron chi connectivity index (χ3n) is 3.67. The summed E-state index contributed by atoms with van der Waals surface area (Å²) in [5, 5.41) is 4.05. The highest BCUT2D eigenvalue weighted by Crippen LogP contribution is 2.11. The highest BCUT2D eigenvalue weighted by molar-refractivity contribution is 5.73. The minimum Gasteiger partial charge on any atom is -0.339 e. The number of aromatic nitrogens is 4. The third kappa shape index (κ3) is 3.90. The molecule has 0 saturated heterocycles. The topological polar surface area (TPSA) is 67.9 Å². The Hall–Kier alpha value is -2.34. The van der Waals surface area contributed by atoms with E-state index in [1.807, 2.05) is 30.5 Å². The van der Waals surface area contributed by atoms with Crippen LogP contribution in [0.3, 0.4) is 0 Å². The molecule has 23 heavy (non-hydrogen) atoms. The monoisotopic (exact) mass is 311 g/mol. The molecule has 0 aliphatic rings. The lowest BCUT2D eigenvalue weighted by atomic mass is 10.3. The lowest BCUT2D eigenvalue weighted by molar-refractivity contribution is 0.255. The predicted molar refractivity (Wildman–Crippen MR) is 87.6 cm³/mol. The number of aryl methyl sites for hydroxylation is 1. The number of rotatable bonds is 7. The molecule has 0 bridgehead atoms. The van der Waals surface area contributed by atoms with Crippen molar-refractivity contribution >= 4 is 11.0 Å². The maximum atomic E-state index is 5.24. The maximum absolute atomic E-state index is 5.24. The standard InChI is InChI=1S/C17H21N5O/c1-3-7-17-20-16(21-23-17)12-22(4-2)11-13-10-18-14-8-5-6-9-15(14)19-13/h5-6,8-10H,3-4,7,11-12H2,1-2H3. The summed E-state index contributed by atoms with van der Waals surface area (Å²) in [6, 6.07) is 7.91. The third-order valence-corrected chi connectivity index (χ3v) is 3.67. The molecule has 6 nitrogen and oxygen atoms in total. The molecule has 0 amide bonds. The van der Waals surface area contributed by atoms with Gasteiger partial charge in [0.2, 0.25) is 5.89 Å². The quantitative estimate of drug-likeness (QED) is 0.668. The van der Waals surface area contributed by atoms with E-state index < -0.39 is 0 Å². The van der Waals surface area contributed by atoms with Crippen molar-refractivity contribution in [2.24, 2.45) is 0 Å². The van der Waals surface area contributed by atoms with Crippen molar-refractivity contribution in [3.05, 3.63) is 47.9 Å². The molecule has 0 saturated carbocycles. The molecule has 1 aromatic carbocycles. The molecule has 0 atom stereocenters. The van der Waals surface area contributed by atoms with Crippen LogP contribution in [-0.2, 0) is 19.5 Å². The Morgan fingerprint density at radius 2 is 1.87 bits per heavy atom. The first-order valence-corrected chi connectivity index (χ1v) is 8.03. The molecule has 3 aromatic rings. The fraction of sp³-hybridized carbons (Fsp3) is 0.412. The number of fused-ring (bicyclic) bond motifs is 1. The summed E-state index contributed by atoms with van der Waals surface area (Å²) in [6.45, 7) is 6.46. The van der Waals surface area contributed by atoms with Gasteiger partial charge in [-0.15, -0.1) is 0 Å². The van der Waals surface area contributed by atoms with Crippen molar-refractivity contribution in [3.8, 4) is 0 Å². The van der Waals surface area contributed by atoms with Gasteiger partial charge in [-0.25, -0.2) is 4.98 Å². The Bertz CT molecular complexity index is 770. The molecule has 0 unspecified atom stereocenters. The molecule has 120 valence electrons. The molecule has 0 aliphatic heterocycles. The van der Waals surface area contributed by atoms with Gasteiger partial charge in [0.05, 0.1) is 29.5 Å². The van der Waals surface area contributed by atoms with Gasteiger partial charge in [0.15, 0.2) is 5.82 Å². The molecule has 2 aromatic heterocycles. The predicted octanol–water partition coefficient (Wildman–Crippen LogP) is 2.99. The molecule has 2 heterocycles. The largest absolute Gasteiger partial charge is 0.339 e. The lowest BCUT2D eigenvalue weighted by Crippen LogP contribution is -2.23. The summed E-state index contributed by atoms with van der Waals surface area (Å²) in [5.74, 6) is 1.44. The molecule has 0 aliphatic carbocycles. The Kier molecular flexibility index (Phi) is 4.92. The van der Waals surface area contributed by atoms with E-state index in [9.17, 15) is 0 Å². The fourth-order valence-electron chi connectivity index (χ4n) is 2.45. The van der Waals surface area contributed by atoms with Crippen LogP contribution in [0.1, 0.15) is 37.7 Å². The van der Waals surface area contributed by atoms with Crippen LogP contribution in [-0.4, -0.2) is 31.6 Å². The molecular formula is C17H21N5O. The van der Waals surface area contributed by atoms with Crippen molar-refractivity contribution in [3.63, 3.8) is 0 Å². The Balaban J connectivity index is 1.69. The van der Waals surface area contributed by atoms with E-state index in [0.717, 1.165) is 41.9 Å². The lowest BCUT2D eigenvalue weighted by Gasteiger charge is -2.17. The van der Waals surface area contributed by atoms with Crippen LogP contribution in [0.15, 0.2) is 35.0 Å². The van der Waals surface area contributed by atoms with Gasteiger partial charge in [-0.05, 0) is 25.1 Å². The van der Waals surface area contributed by atoms with E-state index in [4.69, 9.17) is 4.52 Å². The number of nitrogens with zero attached hydrogens (tertiary/aromatic N) is 5. The zero-order valence-corrected chi connectivity index (χ0v) is 13.6. The second-order valence-electron chi connectivity index (χ2n) is 5.51. The normalized spacial score (nSPS) is 11.4. The van der Waals surface area contributed by atoms with Crippen molar-refractivity contribution in [1.82, 2.24) is 25.0 Å². The van der Waals surface area contributed by atoms with Crippen LogP contribution < -0.4 is 0 Å². The summed E-state index contributed by atoms with van der Waals surface area (Å²) < 4.78 is 5.24. The zero-order chi connectivity index (χ0) is 16.1. The minimum atomic E-state index is 0.651. The highest BCUT2D eigenvalue weighted by Gasteiger charge is 2.12. The molecule has 3 rings (SSSR count). The first-order valence-electron chi connectivity index (χ1n) is 8.03. The number of benzene rings is 1. The summed E-state index contributed by atoms with van der Waals surface area (Å²) in [5.41, 5.74) is 2.79. The molecule has 0 fully saturated rings.